The van der Waals surface area contributed by atoms with Gasteiger partial charge < -0.3 is 10.6 Å². The first kappa shape index (κ1) is 15.0. The molecule has 102 valence electrons. The van der Waals surface area contributed by atoms with Gasteiger partial charge in [-0.25, -0.2) is 0 Å². The largest absolute Gasteiger partial charge is 0.336 e. The lowest BCUT2D eigenvalue weighted by Gasteiger charge is -2.13. The summed E-state index contributed by atoms with van der Waals surface area (Å²) in [5, 5.41) is 4.29. The van der Waals surface area contributed by atoms with E-state index in [-0.39, 0.29) is 24.4 Å². The molecule has 1 atom stereocenters. The molecule has 1 aliphatic heterocycles. The van der Waals surface area contributed by atoms with Gasteiger partial charge in [-0.05, 0) is 18.4 Å². The van der Waals surface area contributed by atoms with Crippen LogP contribution in [0.1, 0.15) is 42.4 Å². The molecule has 2 N–H and O–H groups in total. The Bertz CT molecular complexity index is 430. The summed E-state index contributed by atoms with van der Waals surface area (Å²) in [7, 11) is 1.88. The minimum Gasteiger partial charge on any atom is -0.336 e. The second-order valence-electron chi connectivity index (χ2n) is 5.03. The summed E-state index contributed by atoms with van der Waals surface area (Å²) >= 11 is 0. The number of aromatic nitrogens is 2. The van der Waals surface area contributed by atoms with Crippen molar-refractivity contribution in [2.75, 3.05) is 13.1 Å². The summed E-state index contributed by atoms with van der Waals surface area (Å²) in [6.07, 6.45) is 0.885. The summed E-state index contributed by atoms with van der Waals surface area (Å²) in [6.45, 7) is 5.58. The van der Waals surface area contributed by atoms with Crippen molar-refractivity contribution in [2.24, 2.45) is 12.8 Å². The fourth-order valence-corrected chi connectivity index (χ4v) is 2.26. The lowest BCUT2D eigenvalue weighted by Crippen LogP contribution is -2.32. The van der Waals surface area contributed by atoms with Crippen molar-refractivity contribution in [3.8, 4) is 0 Å². The number of hydrogen-bond donors (Lipinski definition) is 1. The van der Waals surface area contributed by atoms with E-state index in [1.54, 1.807) is 9.58 Å². The van der Waals surface area contributed by atoms with Crippen molar-refractivity contribution in [3.05, 3.63) is 17.5 Å². The Balaban J connectivity index is 0.00000162. The van der Waals surface area contributed by atoms with Gasteiger partial charge in [0.2, 0.25) is 0 Å². The van der Waals surface area contributed by atoms with Gasteiger partial charge in [0.1, 0.15) is 0 Å². The Kier molecular flexibility index (Phi) is 4.76. The summed E-state index contributed by atoms with van der Waals surface area (Å²) in [4.78, 5) is 14.0. The fraction of sp³-hybridized carbons (Fsp3) is 0.667. The summed E-state index contributed by atoms with van der Waals surface area (Å²) < 4.78 is 1.79. The zero-order chi connectivity index (χ0) is 12.6. The van der Waals surface area contributed by atoms with Crippen LogP contribution in [0, 0.1) is 0 Å². The Morgan fingerprint density at radius 1 is 1.56 bits per heavy atom. The van der Waals surface area contributed by atoms with E-state index in [1.807, 2.05) is 13.1 Å². The number of rotatable bonds is 2. The lowest BCUT2D eigenvalue weighted by molar-refractivity contribution is 0.0784. The smallest absolute Gasteiger partial charge is 0.274 e. The molecule has 1 unspecified atom stereocenters. The molecule has 1 fully saturated rings. The van der Waals surface area contributed by atoms with E-state index >= 15 is 0 Å². The molecule has 0 aromatic carbocycles. The minimum atomic E-state index is 0. The van der Waals surface area contributed by atoms with Gasteiger partial charge in [-0.2, -0.15) is 5.10 Å². The molecule has 1 aromatic rings. The molecule has 0 bridgehead atoms. The first-order valence-electron chi connectivity index (χ1n) is 6.08. The predicted octanol–water partition coefficient (Wildman–Crippen LogP) is 1.14. The fourth-order valence-electron chi connectivity index (χ4n) is 2.26. The highest BCUT2D eigenvalue weighted by molar-refractivity contribution is 5.92. The van der Waals surface area contributed by atoms with Crippen molar-refractivity contribution in [1.29, 1.82) is 0 Å². The molecule has 0 spiro atoms. The first-order valence-corrected chi connectivity index (χ1v) is 6.08. The number of aryl methyl sites for hydroxylation is 1. The summed E-state index contributed by atoms with van der Waals surface area (Å²) in [5.41, 5.74) is 7.42. The van der Waals surface area contributed by atoms with Crippen molar-refractivity contribution < 1.29 is 4.79 Å². The molecule has 1 saturated heterocycles. The number of carbonyl (C=O) groups excluding carboxylic acids is 1. The number of carbonyl (C=O) groups is 1. The molecule has 0 radical (unpaired) electrons. The molecule has 0 saturated carbocycles. The van der Waals surface area contributed by atoms with Gasteiger partial charge in [0.15, 0.2) is 5.69 Å². The highest BCUT2D eigenvalue weighted by Crippen LogP contribution is 2.17. The number of hydrogen-bond acceptors (Lipinski definition) is 3. The number of halogens is 1. The third-order valence-electron chi connectivity index (χ3n) is 3.24. The third-order valence-corrected chi connectivity index (χ3v) is 3.24. The maximum atomic E-state index is 12.2. The molecular weight excluding hydrogens is 252 g/mol. The van der Waals surface area contributed by atoms with Crippen LogP contribution in [0.4, 0.5) is 0 Å². The van der Waals surface area contributed by atoms with Crippen LogP contribution in [0.15, 0.2) is 6.07 Å². The van der Waals surface area contributed by atoms with E-state index in [4.69, 9.17) is 5.73 Å². The van der Waals surface area contributed by atoms with Crippen LogP contribution >= 0.6 is 12.4 Å². The van der Waals surface area contributed by atoms with Crippen LogP contribution < -0.4 is 5.73 Å². The average molecular weight is 273 g/mol. The second kappa shape index (κ2) is 5.71. The van der Waals surface area contributed by atoms with Crippen LogP contribution in [0.2, 0.25) is 0 Å². The maximum absolute atomic E-state index is 12.2. The Morgan fingerprint density at radius 3 is 2.67 bits per heavy atom. The van der Waals surface area contributed by atoms with Gasteiger partial charge in [0, 0.05) is 31.9 Å². The molecule has 6 heteroatoms. The third kappa shape index (κ3) is 2.84. The van der Waals surface area contributed by atoms with Gasteiger partial charge in [0.25, 0.3) is 5.91 Å². The quantitative estimate of drug-likeness (QED) is 0.878. The van der Waals surface area contributed by atoms with Gasteiger partial charge in [-0.1, -0.05) is 13.8 Å². The number of likely N-dealkylation sites (tertiary alicyclic amines) is 1. The molecule has 1 aromatic heterocycles. The number of nitrogens with two attached hydrogens (primary N) is 1. The Hall–Kier alpha value is -1.07. The van der Waals surface area contributed by atoms with E-state index in [9.17, 15) is 4.79 Å². The topological polar surface area (TPSA) is 64.2 Å². The predicted molar refractivity (Wildman–Crippen MR) is 73.0 cm³/mol. The summed E-state index contributed by atoms with van der Waals surface area (Å²) in [6, 6.07) is 2.00. The highest BCUT2D eigenvalue weighted by atomic mass is 35.5. The van der Waals surface area contributed by atoms with Gasteiger partial charge in [-0.3, -0.25) is 9.48 Å². The number of nitrogens with zero attached hydrogens (tertiary/aromatic N) is 3. The van der Waals surface area contributed by atoms with Crippen LogP contribution in [0.5, 0.6) is 0 Å². The highest BCUT2D eigenvalue weighted by Gasteiger charge is 2.26. The van der Waals surface area contributed by atoms with E-state index in [1.165, 1.54) is 0 Å². The van der Waals surface area contributed by atoms with Gasteiger partial charge in [-0.15, -0.1) is 12.4 Å². The van der Waals surface area contributed by atoms with Crippen molar-refractivity contribution in [2.45, 2.75) is 32.2 Å². The van der Waals surface area contributed by atoms with E-state index in [0.29, 0.717) is 18.2 Å². The second-order valence-corrected chi connectivity index (χ2v) is 5.03. The first-order chi connectivity index (χ1) is 7.99. The Labute approximate surface area is 114 Å². The zero-order valence-electron chi connectivity index (χ0n) is 11.1. The molecule has 1 aliphatic rings. The average Bonchev–Trinajstić information content (AvgIpc) is 2.83. The molecule has 1 amide bonds. The normalized spacial score (nSPS) is 19.2. The van der Waals surface area contributed by atoms with Crippen LogP contribution in [0.25, 0.3) is 0 Å². The SMILES string of the molecule is CC(C)c1cc(C(=O)N2CCC(N)C2)nn1C.Cl. The van der Waals surface area contributed by atoms with E-state index in [2.05, 4.69) is 18.9 Å². The van der Waals surface area contributed by atoms with E-state index < -0.39 is 0 Å². The maximum Gasteiger partial charge on any atom is 0.274 e. The van der Waals surface area contributed by atoms with Crippen LogP contribution in [-0.2, 0) is 7.05 Å². The molecule has 0 aliphatic carbocycles. The van der Waals surface area contributed by atoms with Crippen LogP contribution in [0.3, 0.4) is 0 Å². The van der Waals surface area contributed by atoms with Gasteiger partial charge >= 0.3 is 0 Å². The molecule has 2 heterocycles. The van der Waals surface area contributed by atoms with Gasteiger partial charge in [0.05, 0.1) is 0 Å². The standard InChI is InChI=1S/C12H20N4O.ClH/c1-8(2)11-6-10(14-15(11)3)12(17)16-5-4-9(13)7-16;/h6,8-9H,4-5,7,13H2,1-3H3;1H. The van der Waals surface area contributed by atoms with Crippen molar-refractivity contribution in [1.82, 2.24) is 14.7 Å². The van der Waals surface area contributed by atoms with E-state index in [0.717, 1.165) is 18.7 Å². The summed E-state index contributed by atoms with van der Waals surface area (Å²) in [5.74, 6) is 0.371. The Morgan fingerprint density at radius 2 is 2.22 bits per heavy atom. The molecule has 2 rings (SSSR count). The molecule has 5 nitrogen and oxygen atoms in total. The molecular formula is C12H21ClN4O. The zero-order valence-corrected chi connectivity index (χ0v) is 11.9. The van der Waals surface area contributed by atoms with Crippen molar-refractivity contribution in [3.63, 3.8) is 0 Å². The van der Waals surface area contributed by atoms with Crippen molar-refractivity contribution >= 4 is 18.3 Å². The molecule has 18 heavy (non-hydrogen) atoms. The number of amides is 1. The minimum absolute atomic E-state index is 0. The monoisotopic (exact) mass is 272 g/mol. The van der Waals surface area contributed by atoms with Crippen LogP contribution in [-0.4, -0.2) is 39.7 Å². The lowest BCUT2D eigenvalue weighted by atomic mass is 10.1.